The quantitative estimate of drug-likeness (QED) is 0.846. The Bertz CT molecular complexity index is 547. The molecule has 2 fully saturated rings. The van der Waals surface area contributed by atoms with Crippen LogP contribution in [0.2, 0.25) is 0 Å². The molecule has 0 aromatic heterocycles. The van der Waals surface area contributed by atoms with E-state index >= 15 is 0 Å². The second-order valence-corrected chi connectivity index (χ2v) is 7.21. The van der Waals surface area contributed by atoms with Gasteiger partial charge < -0.3 is 15.4 Å². The number of ether oxygens (including phenoxy) is 1. The van der Waals surface area contributed by atoms with Gasteiger partial charge in [-0.05, 0) is 56.3 Å². The summed E-state index contributed by atoms with van der Waals surface area (Å²) >= 11 is 0. The van der Waals surface area contributed by atoms with Gasteiger partial charge in [-0.1, -0.05) is 24.3 Å². The van der Waals surface area contributed by atoms with Gasteiger partial charge in [-0.3, -0.25) is 4.79 Å². The fourth-order valence-corrected chi connectivity index (χ4v) is 3.87. The van der Waals surface area contributed by atoms with Crippen LogP contribution < -0.4 is 10.6 Å². The number of aryl methyl sites for hydroxylation is 1. The molecule has 0 bridgehead atoms. The van der Waals surface area contributed by atoms with E-state index in [9.17, 15) is 4.79 Å². The third-order valence-electron chi connectivity index (χ3n) is 5.47. The minimum Gasteiger partial charge on any atom is -0.384 e. The van der Waals surface area contributed by atoms with E-state index in [-0.39, 0.29) is 17.2 Å². The number of methoxy groups -OCH3 is 1. The zero-order valence-electron chi connectivity index (χ0n) is 14.2. The molecule has 23 heavy (non-hydrogen) atoms. The number of piperidine rings is 1. The maximum absolute atomic E-state index is 12.5. The topological polar surface area (TPSA) is 50.4 Å². The first-order valence-electron chi connectivity index (χ1n) is 8.68. The van der Waals surface area contributed by atoms with Gasteiger partial charge in [-0.15, -0.1) is 0 Å². The van der Waals surface area contributed by atoms with E-state index in [0.717, 1.165) is 45.5 Å². The van der Waals surface area contributed by atoms with E-state index in [1.807, 2.05) is 0 Å². The number of carbonyl (C=O) groups excluding carboxylic acids is 1. The van der Waals surface area contributed by atoms with Crippen LogP contribution in [0.3, 0.4) is 0 Å². The van der Waals surface area contributed by atoms with Gasteiger partial charge in [0.05, 0.1) is 6.61 Å². The van der Waals surface area contributed by atoms with E-state index in [1.54, 1.807) is 7.11 Å². The summed E-state index contributed by atoms with van der Waals surface area (Å²) in [5.41, 5.74) is 2.73. The first-order chi connectivity index (χ1) is 11.2. The molecule has 2 aliphatic rings. The van der Waals surface area contributed by atoms with Crippen molar-refractivity contribution < 1.29 is 9.53 Å². The fourth-order valence-electron chi connectivity index (χ4n) is 3.87. The van der Waals surface area contributed by atoms with E-state index in [4.69, 9.17) is 4.74 Å². The van der Waals surface area contributed by atoms with Crippen LogP contribution in [0.5, 0.6) is 0 Å². The van der Waals surface area contributed by atoms with Gasteiger partial charge in [0.2, 0.25) is 5.91 Å². The van der Waals surface area contributed by atoms with Crippen LogP contribution in [0.1, 0.15) is 36.3 Å². The van der Waals surface area contributed by atoms with Crippen molar-refractivity contribution in [1.29, 1.82) is 0 Å². The normalized spacial score (nSPS) is 25.8. The van der Waals surface area contributed by atoms with E-state index in [0.29, 0.717) is 5.92 Å². The van der Waals surface area contributed by atoms with Crippen LogP contribution in [-0.4, -0.2) is 39.3 Å². The minimum atomic E-state index is 0.0999. The summed E-state index contributed by atoms with van der Waals surface area (Å²) in [7, 11) is 1.75. The molecule has 1 aromatic carbocycles. The molecule has 0 radical (unpaired) electrons. The highest BCUT2D eigenvalue weighted by Gasteiger charge is 2.45. The second-order valence-electron chi connectivity index (χ2n) is 7.21. The van der Waals surface area contributed by atoms with Crippen LogP contribution in [0.4, 0.5) is 0 Å². The molecule has 1 aliphatic heterocycles. The van der Waals surface area contributed by atoms with Crippen molar-refractivity contribution in [3.63, 3.8) is 0 Å². The highest BCUT2D eigenvalue weighted by atomic mass is 16.5. The summed E-state index contributed by atoms with van der Waals surface area (Å²) in [5, 5.41) is 6.60. The van der Waals surface area contributed by atoms with Crippen LogP contribution in [0.15, 0.2) is 24.3 Å². The molecule has 1 aromatic rings. The maximum Gasteiger partial charge on any atom is 0.223 e. The molecule has 4 heteroatoms. The number of hydrogen-bond donors (Lipinski definition) is 2. The fraction of sp³-hybridized carbons (Fsp3) is 0.632. The van der Waals surface area contributed by atoms with Crippen molar-refractivity contribution in [2.45, 2.75) is 32.1 Å². The van der Waals surface area contributed by atoms with Gasteiger partial charge in [0.1, 0.15) is 0 Å². The molecule has 1 amide bonds. The number of amides is 1. The van der Waals surface area contributed by atoms with Gasteiger partial charge in [0.25, 0.3) is 0 Å². The molecular formula is C19H28N2O2. The predicted octanol–water partition coefficient (Wildman–Crippen LogP) is 2.23. The summed E-state index contributed by atoms with van der Waals surface area (Å²) < 4.78 is 5.42. The smallest absolute Gasteiger partial charge is 0.223 e. The van der Waals surface area contributed by atoms with Gasteiger partial charge in [0, 0.05) is 25.0 Å². The molecule has 1 heterocycles. The molecular weight excluding hydrogens is 288 g/mol. The Morgan fingerprint density at radius 2 is 2.09 bits per heavy atom. The zero-order valence-corrected chi connectivity index (χ0v) is 14.2. The van der Waals surface area contributed by atoms with Crippen LogP contribution >= 0.6 is 0 Å². The highest BCUT2D eigenvalue weighted by Crippen LogP contribution is 2.48. The van der Waals surface area contributed by atoms with Gasteiger partial charge in [0.15, 0.2) is 0 Å². The van der Waals surface area contributed by atoms with Crippen molar-refractivity contribution in [3.05, 3.63) is 35.4 Å². The lowest BCUT2D eigenvalue weighted by Gasteiger charge is -2.37. The number of rotatable bonds is 6. The molecule has 2 atom stereocenters. The van der Waals surface area contributed by atoms with Crippen LogP contribution in [0, 0.1) is 18.3 Å². The molecule has 126 valence electrons. The van der Waals surface area contributed by atoms with E-state index < -0.39 is 0 Å². The lowest BCUT2D eigenvalue weighted by molar-refractivity contribution is -0.123. The monoisotopic (exact) mass is 316 g/mol. The minimum absolute atomic E-state index is 0.0999. The Kier molecular flexibility index (Phi) is 5.02. The summed E-state index contributed by atoms with van der Waals surface area (Å²) in [6, 6.07) is 8.41. The molecule has 2 N–H and O–H groups in total. The molecule has 0 spiro atoms. The molecule has 2 unspecified atom stereocenters. The van der Waals surface area contributed by atoms with Crippen molar-refractivity contribution in [3.8, 4) is 0 Å². The Hall–Kier alpha value is -1.39. The molecule has 1 saturated carbocycles. The Morgan fingerprint density at radius 3 is 2.78 bits per heavy atom. The number of benzene rings is 1. The summed E-state index contributed by atoms with van der Waals surface area (Å²) in [5.74, 6) is 0.771. The first kappa shape index (κ1) is 16.5. The SMILES string of the molecule is COCC1(CNC(=O)C2CC2c2ccccc2C)CCNCC1. The van der Waals surface area contributed by atoms with Crippen molar-refractivity contribution in [2.75, 3.05) is 33.4 Å². The van der Waals surface area contributed by atoms with Crippen molar-refractivity contribution in [1.82, 2.24) is 10.6 Å². The van der Waals surface area contributed by atoms with Gasteiger partial charge in [-0.2, -0.15) is 0 Å². The third-order valence-corrected chi connectivity index (χ3v) is 5.47. The molecule has 3 rings (SSSR count). The standard InChI is InChI=1S/C19H28N2O2/c1-14-5-3-4-6-15(14)16-11-17(16)18(22)21-12-19(13-23-2)7-9-20-10-8-19/h3-6,16-17,20H,7-13H2,1-2H3,(H,21,22). The average Bonchev–Trinajstić information content (AvgIpc) is 3.35. The number of hydrogen-bond acceptors (Lipinski definition) is 3. The summed E-state index contributed by atoms with van der Waals surface area (Å²) in [6.45, 7) is 5.60. The van der Waals surface area contributed by atoms with Crippen LogP contribution in [-0.2, 0) is 9.53 Å². The number of carbonyl (C=O) groups is 1. The van der Waals surface area contributed by atoms with Crippen molar-refractivity contribution >= 4 is 5.91 Å². The van der Waals surface area contributed by atoms with Gasteiger partial charge in [-0.25, -0.2) is 0 Å². The zero-order chi connectivity index (χ0) is 16.3. The number of nitrogens with one attached hydrogen (secondary N) is 2. The van der Waals surface area contributed by atoms with E-state index in [1.165, 1.54) is 11.1 Å². The van der Waals surface area contributed by atoms with Gasteiger partial charge >= 0.3 is 0 Å². The Labute approximate surface area is 139 Å². The van der Waals surface area contributed by atoms with Crippen LogP contribution in [0.25, 0.3) is 0 Å². The second kappa shape index (κ2) is 7.02. The summed E-state index contributed by atoms with van der Waals surface area (Å²) in [4.78, 5) is 12.5. The predicted molar refractivity (Wildman–Crippen MR) is 91.4 cm³/mol. The highest BCUT2D eigenvalue weighted by molar-refractivity contribution is 5.83. The molecule has 1 saturated heterocycles. The average molecular weight is 316 g/mol. The Morgan fingerprint density at radius 1 is 1.35 bits per heavy atom. The third kappa shape index (κ3) is 3.75. The molecule has 4 nitrogen and oxygen atoms in total. The van der Waals surface area contributed by atoms with E-state index in [2.05, 4.69) is 41.8 Å². The Balaban J connectivity index is 1.55. The lowest BCUT2D eigenvalue weighted by Crippen LogP contribution is -2.47. The van der Waals surface area contributed by atoms with Crippen molar-refractivity contribution in [2.24, 2.45) is 11.3 Å². The largest absolute Gasteiger partial charge is 0.384 e. The molecule has 1 aliphatic carbocycles. The summed E-state index contributed by atoms with van der Waals surface area (Å²) in [6.07, 6.45) is 3.11. The first-order valence-corrected chi connectivity index (χ1v) is 8.68. The lowest BCUT2D eigenvalue weighted by atomic mass is 9.79. The maximum atomic E-state index is 12.5.